The molecule has 1 fully saturated rings. The first-order valence-corrected chi connectivity index (χ1v) is 14.3. The maximum absolute atomic E-state index is 15.9. The van der Waals surface area contributed by atoms with Crippen molar-refractivity contribution in [3.8, 4) is 17.2 Å². The van der Waals surface area contributed by atoms with Gasteiger partial charge in [-0.05, 0) is 58.1 Å². The van der Waals surface area contributed by atoms with Crippen LogP contribution >= 0.6 is 0 Å². The van der Waals surface area contributed by atoms with Crippen LogP contribution in [0.3, 0.4) is 0 Å². The Morgan fingerprint density at radius 1 is 1.12 bits per heavy atom. The Bertz CT molecular complexity index is 1950. The number of benzene rings is 3. The van der Waals surface area contributed by atoms with Crippen LogP contribution in [0.2, 0.25) is 0 Å². The van der Waals surface area contributed by atoms with Crippen molar-refractivity contribution in [2.45, 2.75) is 25.3 Å². The van der Waals surface area contributed by atoms with Crippen molar-refractivity contribution in [3.05, 3.63) is 70.3 Å². The zero-order chi connectivity index (χ0) is 29.1. The molecule has 1 atom stereocenters. The number of nitrogens with zero attached hydrogens (tertiary/aromatic N) is 3. The molecular formula is C32H32FN5O4. The predicted molar refractivity (Wildman–Crippen MR) is 162 cm³/mol. The minimum Gasteiger partial charge on any atom is -0.456 e. The van der Waals surface area contributed by atoms with Gasteiger partial charge < -0.3 is 34.6 Å². The minimum absolute atomic E-state index is 0.0612. The van der Waals surface area contributed by atoms with Crippen LogP contribution in [0, 0.1) is 5.82 Å². The first-order chi connectivity index (χ1) is 20.3. The molecule has 5 aromatic rings. The molecule has 216 valence electrons. The third-order valence-electron chi connectivity index (χ3n) is 8.20. The lowest BCUT2D eigenvalue weighted by Crippen LogP contribution is -2.32. The number of aromatic nitrogens is 1. The molecule has 3 N–H and O–H groups in total. The van der Waals surface area contributed by atoms with Gasteiger partial charge in [-0.25, -0.2) is 4.39 Å². The van der Waals surface area contributed by atoms with E-state index >= 15 is 4.39 Å². The van der Waals surface area contributed by atoms with Gasteiger partial charge in [0, 0.05) is 48.7 Å². The number of fused-ring (bicyclic) bond motifs is 5. The van der Waals surface area contributed by atoms with Crippen LogP contribution in [-0.4, -0.2) is 61.7 Å². The Kier molecular flexibility index (Phi) is 6.40. The summed E-state index contributed by atoms with van der Waals surface area (Å²) in [5, 5.41) is 4.72. The number of pyridine rings is 1. The Labute approximate surface area is 241 Å². The van der Waals surface area contributed by atoms with Crippen LogP contribution in [-0.2, 0) is 0 Å². The number of halogens is 1. The fourth-order valence-corrected chi connectivity index (χ4v) is 6.12. The molecule has 10 heteroatoms. The molecule has 0 aliphatic carbocycles. The third kappa shape index (κ3) is 4.29. The second-order valence-corrected chi connectivity index (χ2v) is 11.5. The number of ether oxygens (including phenoxy) is 1. The van der Waals surface area contributed by atoms with E-state index in [-0.39, 0.29) is 28.4 Å². The number of carbonyl (C=O) groups is 1. The standard InChI is InChI=1S/C32H32FN5O4/c1-36(2)11-6-5-10-35-32(40)22-17-38-24-15-26-20(19-7-3-4-8-25(19)41-26)14-27(24)42-31-28(38)21(30(22)39)13-23(33)29(31)37-12-9-18(34)16-37/h3-4,7-8,13-15,17-18H,5-6,9-12,16,34H2,1-2H3,(H,35,40). The molecule has 0 saturated carbocycles. The molecular weight excluding hydrogens is 537 g/mol. The van der Waals surface area contributed by atoms with Gasteiger partial charge in [-0.15, -0.1) is 0 Å². The summed E-state index contributed by atoms with van der Waals surface area (Å²) in [4.78, 5) is 31.0. The van der Waals surface area contributed by atoms with Crippen molar-refractivity contribution in [3.63, 3.8) is 0 Å². The summed E-state index contributed by atoms with van der Waals surface area (Å²) in [5.74, 6) is -0.372. The summed E-state index contributed by atoms with van der Waals surface area (Å²) in [5.41, 5.74) is 8.19. The average molecular weight is 570 g/mol. The van der Waals surface area contributed by atoms with E-state index in [1.165, 1.54) is 12.3 Å². The van der Waals surface area contributed by atoms with Crippen LogP contribution in [0.1, 0.15) is 29.6 Å². The van der Waals surface area contributed by atoms with E-state index < -0.39 is 17.2 Å². The van der Waals surface area contributed by atoms with Crippen molar-refractivity contribution in [2.24, 2.45) is 5.73 Å². The smallest absolute Gasteiger partial charge is 0.256 e. The number of carbonyl (C=O) groups excluding carboxylic acids is 1. The highest BCUT2D eigenvalue weighted by molar-refractivity contribution is 6.07. The molecule has 42 heavy (non-hydrogen) atoms. The number of anilines is 1. The highest BCUT2D eigenvalue weighted by Crippen LogP contribution is 2.48. The van der Waals surface area contributed by atoms with E-state index in [2.05, 4.69) is 10.2 Å². The molecule has 1 unspecified atom stereocenters. The number of hydrogen-bond acceptors (Lipinski definition) is 7. The van der Waals surface area contributed by atoms with Gasteiger partial charge in [0.15, 0.2) is 17.3 Å². The lowest BCUT2D eigenvalue weighted by atomic mass is 10.0. The van der Waals surface area contributed by atoms with E-state index in [1.54, 1.807) is 4.57 Å². The van der Waals surface area contributed by atoms with Crippen molar-refractivity contribution >= 4 is 44.4 Å². The Balaban J connectivity index is 1.41. The minimum atomic E-state index is -0.588. The lowest BCUT2D eigenvalue weighted by Gasteiger charge is -2.29. The number of nitrogens with two attached hydrogens (primary N) is 1. The maximum Gasteiger partial charge on any atom is 0.256 e. The summed E-state index contributed by atoms with van der Waals surface area (Å²) < 4.78 is 30.3. The second kappa shape index (κ2) is 10.1. The van der Waals surface area contributed by atoms with Gasteiger partial charge in [-0.3, -0.25) is 9.59 Å². The number of hydrogen-bond donors (Lipinski definition) is 2. The zero-order valence-electron chi connectivity index (χ0n) is 23.6. The van der Waals surface area contributed by atoms with Crippen molar-refractivity contribution in [2.75, 3.05) is 45.2 Å². The zero-order valence-corrected chi connectivity index (χ0v) is 23.6. The SMILES string of the molecule is CN(C)CCCCNC(=O)c1cn2c3c(c(N4CCC(N)C4)c(F)cc3c1=O)Oc1cc3c(cc1-2)oc1ccccc13. The van der Waals surface area contributed by atoms with E-state index in [0.717, 1.165) is 42.2 Å². The fraction of sp³-hybridized carbons (Fsp3) is 0.312. The number of rotatable bonds is 7. The molecule has 2 aromatic heterocycles. The quantitative estimate of drug-likeness (QED) is 0.268. The van der Waals surface area contributed by atoms with E-state index in [4.69, 9.17) is 14.9 Å². The molecule has 2 aliphatic heterocycles. The van der Waals surface area contributed by atoms with Crippen molar-refractivity contribution in [1.82, 2.24) is 14.8 Å². The first kappa shape index (κ1) is 26.5. The van der Waals surface area contributed by atoms with Gasteiger partial charge in [0.05, 0.1) is 11.1 Å². The molecule has 1 saturated heterocycles. The molecule has 4 heterocycles. The topological polar surface area (TPSA) is 106 Å². The van der Waals surface area contributed by atoms with Crippen LogP contribution in [0.25, 0.3) is 38.5 Å². The van der Waals surface area contributed by atoms with Gasteiger partial charge in [0.1, 0.15) is 27.9 Å². The van der Waals surface area contributed by atoms with E-state index in [1.807, 2.05) is 55.4 Å². The number of furan rings is 1. The number of amides is 1. The normalized spacial score (nSPS) is 16.0. The monoisotopic (exact) mass is 569 g/mol. The highest BCUT2D eigenvalue weighted by atomic mass is 19.1. The maximum atomic E-state index is 15.9. The third-order valence-corrected chi connectivity index (χ3v) is 8.20. The van der Waals surface area contributed by atoms with Gasteiger partial charge in [0.25, 0.3) is 5.91 Å². The van der Waals surface area contributed by atoms with Crippen LogP contribution in [0.4, 0.5) is 10.1 Å². The van der Waals surface area contributed by atoms with Gasteiger partial charge >= 0.3 is 0 Å². The van der Waals surface area contributed by atoms with E-state index in [0.29, 0.717) is 42.2 Å². The second-order valence-electron chi connectivity index (χ2n) is 11.5. The summed E-state index contributed by atoms with van der Waals surface area (Å²) in [6.45, 7) is 2.36. The van der Waals surface area contributed by atoms with Crippen LogP contribution < -0.4 is 26.1 Å². The summed E-state index contributed by atoms with van der Waals surface area (Å²) in [7, 11) is 4.00. The van der Waals surface area contributed by atoms with Crippen LogP contribution in [0.15, 0.2) is 57.9 Å². The van der Waals surface area contributed by atoms with Crippen LogP contribution in [0.5, 0.6) is 11.5 Å². The molecule has 9 nitrogen and oxygen atoms in total. The van der Waals surface area contributed by atoms with Gasteiger partial charge in [-0.2, -0.15) is 0 Å². The number of para-hydroxylation sites is 1. The summed E-state index contributed by atoms with van der Waals surface area (Å²) in [6.07, 6.45) is 3.93. The average Bonchev–Trinajstić information content (AvgIpc) is 3.55. The summed E-state index contributed by atoms with van der Waals surface area (Å²) >= 11 is 0. The van der Waals surface area contributed by atoms with Crippen molar-refractivity contribution in [1.29, 1.82) is 0 Å². The Hall–Kier alpha value is -4.41. The van der Waals surface area contributed by atoms with E-state index in [9.17, 15) is 9.59 Å². The predicted octanol–water partition coefficient (Wildman–Crippen LogP) is 4.74. The lowest BCUT2D eigenvalue weighted by molar-refractivity contribution is 0.0951. The molecule has 0 radical (unpaired) electrons. The number of unbranched alkanes of at least 4 members (excludes halogenated alkanes) is 1. The van der Waals surface area contributed by atoms with Gasteiger partial charge in [-0.1, -0.05) is 18.2 Å². The molecule has 1 amide bonds. The first-order valence-electron chi connectivity index (χ1n) is 14.3. The van der Waals surface area contributed by atoms with Crippen molar-refractivity contribution < 1.29 is 18.3 Å². The summed E-state index contributed by atoms with van der Waals surface area (Å²) in [6, 6.07) is 12.6. The molecule has 0 bridgehead atoms. The molecule has 0 spiro atoms. The molecule has 2 aliphatic rings. The molecule has 3 aromatic carbocycles. The van der Waals surface area contributed by atoms with Gasteiger partial charge in [0.2, 0.25) is 5.43 Å². The number of nitrogens with one attached hydrogen (secondary N) is 1. The Morgan fingerprint density at radius 2 is 1.95 bits per heavy atom. The largest absolute Gasteiger partial charge is 0.456 e. The fourth-order valence-electron chi connectivity index (χ4n) is 6.12. The molecule has 7 rings (SSSR count). The Morgan fingerprint density at radius 3 is 2.74 bits per heavy atom. The highest BCUT2D eigenvalue weighted by Gasteiger charge is 2.33.